The molecule has 0 bridgehead atoms. The molecule has 2 heterocycles. The van der Waals surface area contributed by atoms with Crippen molar-refractivity contribution in [1.29, 1.82) is 0 Å². The third-order valence-corrected chi connectivity index (χ3v) is 3.98. The van der Waals surface area contributed by atoms with Gasteiger partial charge in [-0.25, -0.2) is 0 Å². The topological polar surface area (TPSA) is 14.2 Å². The molecule has 1 aromatic heterocycles. The maximum absolute atomic E-state index is 5.67. The van der Waals surface area contributed by atoms with Crippen LogP contribution in [0.5, 0.6) is 0 Å². The molecule has 3 rings (SSSR count). The second-order valence-corrected chi connectivity index (χ2v) is 5.29. The molecule has 2 nitrogen and oxygen atoms in total. The van der Waals surface area contributed by atoms with Crippen LogP contribution in [-0.4, -0.2) is 17.3 Å². The smallest absolute Gasteiger partial charge is 0.0576 e. The van der Waals surface area contributed by atoms with Gasteiger partial charge in [0.2, 0.25) is 0 Å². The molecule has 0 amide bonds. The highest BCUT2D eigenvalue weighted by molar-refractivity contribution is 5.83. The van der Waals surface area contributed by atoms with Crippen LogP contribution in [0.25, 0.3) is 10.9 Å². The largest absolute Gasteiger partial charge is 0.378 e. The fourth-order valence-electron chi connectivity index (χ4n) is 2.93. The van der Waals surface area contributed by atoms with Crippen molar-refractivity contribution in [2.45, 2.75) is 45.3 Å². The first kappa shape index (κ1) is 11.8. The average molecular weight is 243 g/mol. The van der Waals surface area contributed by atoms with Gasteiger partial charge >= 0.3 is 0 Å². The molecule has 1 saturated heterocycles. The SMILES string of the molecule is Cc1cccc2c1ccn2CCCC1CCCO1. The molecule has 0 N–H and O–H groups in total. The van der Waals surface area contributed by atoms with E-state index in [0.29, 0.717) is 6.10 Å². The van der Waals surface area contributed by atoms with Crippen molar-refractivity contribution in [2.24, 2.45) is 0 Å². The lowest BCUT2D eigenvalue weighted by Gasteiger charge is -2.10. The number of rotatable bonds is 4. The van der Waals surface area contributed by atoms with Gasteiger partial charge in [0.15, 0.2) is 0 Å². The van der Waals surface area contributed by atoms with Gasteiger partial charge in [-0.3, -0.25) is 0 Å². The highest BCUT2D eigenvalue weighted by Gasteiger charge is 2.14. The van der Waals surface area contributed by atoms with E-state index in [1.54, 1.807) is 0 Å². The molecule has 1 fully saturated rings. The van der Waals surface area contributed by atoms with Gasteiger partial charge in [0, 0.05) is 30.3 Å². The Bertz CT molecular complexity index is 523. The lowest BCUT2D eigenvalue weighted by Crippen LogP contribution is -2.06. The molecule has 0 aliphatic carbocycles. The molecule has 1 atom stereocenters. The predicted octanol–water partition coefficient (Wildman–Crippen LogP) is 3.91. The monoisotopic (exact) mass is 243 g/mol. The number of hydrogen-bond acceptors (Lipinski definition) is 1. The van der Waals surface area contributed by atoms with Crippen LogP contribution >= 0.6 is 0 Å². The van der Waals surface area contributed by atoms with E-state index in [0.717, 1.165) is 13.2 Å². The molecule has 18 heavy (non-hydrogen) atoms. The summed E-state index contributed by atoms with van der Waals surface area (Å²) in [6.45, 7) is 4.25. The molecular formula is C16H21NO. The van der Waals surface area contributed by atoms with E-state index in [1.807, 2.05) is 0 Å². The third-order valence-electron chi connectivity index (χ3n) is 3.98. The first-order chi connectivity index (χ1) is 8.84. The Kier molecular flexibility index (Phi) is 3.37. The number of benzene rings is 1. The zero-order valence-corrected chi connectivity index (χ0v) is 11.1. The second-order valence-electron chi connectivity index (χ2n) is 5.29. The van der Waals surface area contributed by atoms with E-state index in [-0.39, 0.29) is 0 Å². The molecule has 1 unspecified atom stereocenters. The molecule has 0 spiro atoms. The van der Waals surface area contributed by atoms with E-state index in [4.69, 9.17) is 4.74 Å². The lowest BCUT2D eigenvalue weighted by molar-refractivity contribution is 0.101. The summed E-state index contributed by atoms with van der Waals surface area (Å²) in [5.41, 5.74) is 2.73. The second kappa shape index (κ2) is 5.15. The molecule has 0 radical (unpaired) electrons. The Morgan fingerprint density at radius 2 is 2.28 bits per heavy atom. The summed E-state index contributed by atoms with van der Waals surface area (Å²) >= 11 is 0. The zero-order valence-electron chi connectivity index (χ0n) is 11.1. The molecule has 1 aliphatic heterocycles. The van der Waals surface area contributed by atoms with Crippen LogP contribution in [0.3, 0.4) is 0 Å². The van der Waals surface area contributed by atoms with Crippen LogP contribution in [0.4, 0.5) is 0 Å². The highest BCUT2D eigenvalue weighted by atomic mass is 16.5. The van der Waals surface area contributed by atoms with E-state index < -0.39 is 0 Å². The lowest BCUT2D eigenvalue weighted by atomic mass is 10.1. The Morgan fingerprint density at radius 1 is 1.33 bits per heavy atom. The average Bonchev–Trinajstić information content (AvgIpc) is 3.00. The maximum atomic E-state index is 5.67. The number of aromatic nitrogens is 1. The fraction of sp³-hybridized carbons (Fsp3) is 0.500. The van der Waals surface area contributed by atoms with Crippen molar-refractivity contribution in [2.75, 3.05) is 6.61 Å². The van der Waals surface area contributed by atoms with E-state index in [2.05, 4.69) is 42.0 Å². The fourth-order valence-corrected chi connectivity index (χ4v) is 2.93. The molecular weight excluding hydrogens is 222 g/mol. The molecule has 2 heteroatoms. The Morgan fingerprint density at radius 3 is 3.11 bits per heavy atom. The van der Waals surface area contributed by atoms with Crippen LogP contribution in [0.1, 0.15) is 31.2 Å². The molecule has 2 aromatic rings. The van der Waals surface area contributed by atoms with Gasteiger partial charge in [-0.1, -0.05) is 12.1 Å². The van der Waals surface area contributed by atoms with E-state index in [1.165, 1.54) is 42.1 Å². The number of fused-ring (bicyclic) bond motifs is 1. The van der Waals surface area contributed by atoms with Gasteiger partial charge in [0.05, 0.1) is 6.10 Å². The van der Waals surface area contributed by atoms with Crippen LogP contribution in [-0.2, 0) is 11.3 Å². The van der Waals surface area contributed by atoms with Crippen molar-refractivity contribution in [3.63, 3.8) is 0 Å². The standard InChI is InChI=1S/C16H21NO/c1-13-5-2-8-16-15(13)9-11-17(16)10-3-6-14-7-4-12-18-14/h2,5,8-9,11,14H,3-4,6-7,10,12H2,1H3. The molecule has 96 valence electrons. The van der Waals surface area contributed by atoms with Crippen molar-refractivity contribution in [3.05, 3.63) is 36.0 Å². The van der Waals surface area contributed by atoms with Gasteiger partial charge in [0.25, 0.3) is 0 Å². The minimum absolute atomic E-state index is 0.522. The third kappa shape index (κ3) is 2.30. The zero-order chi connectivity index (χ0) is 12.4. The van der Waals surface area contributed by atoms with Crippen LogP contribution in [0.15, 0.2) is 30.5 Å². The Hall–Kier alpha value is -1.28. The predicted molar refractivity (Wildman–Crippen MR) is 74.9 cm³/mol. The van der Waals surface area contributed by atoms with Gasteiger partial charge in [-0.05, 0) is 50.3 Å². The molecule has 0 saturated carbocycles. The van der Waals surface area contributed by atoms with E-state index in [9.17, 15) is 0 Å². The Balaban J connectivity index is 1.65. The van der Waals surface area contributed by atoms with Gasteiger partial charge in [-0.2, -0.15) is 0 Å². The van der Waals surface area contributed by atoms with Crippen molar-refractivity contribution >= 4 is 10.9 Å². The first-order valence-corrected chi connectivity index (χ1v) is 7.00. The van der Waals surface area contributed by atoms with E-state index >= 15 is 0 Å². The summed E-state index contributed by atoms with van der Waals surface area (Å²) in [6, 6.07) is 8.78. The molecule has 1 aliphatic rings. The van der Waals surface area contributed by atoms with Crippen LogP contribution in [0.2, 0.25) is 0 Å². The number of ether oxygens (including phenoxy) is 1. The highest BCUT2D eigenvalue weighted by Crippen LogP contribution is 2.21. The minimum Gasteiger partial charge on any atom is -0.378 e. The number of hydrogen-bond donors (Lipinski definition) is 0. The van der Waals surface area contributed by atoms with Crippen LogP contribution < -0.4 is 0 Å². The first-order valence-electron chi connectivity index (χ1n) is 7.00. The van der Waals surface area contributed by atoms with Gasteiger partial charge < -0.3 is 9.30 Å². The van der Waals surface area contributed by atoms with Crippen LogP contribution in [0, 0.1) is 6.92 Å². The van der Waals surface area contributed by atoms with Gasteiger partial charge in [0.1, 0.15) is 0 Å². The summed E-state index contributed by atoms with van der Waals surface area (Å²) < 4.78 is 8.04. The Labute approximate surface area is 109 Å². The van der Waals surface area contributed by atoms with Crippen molar-refractivity contribution in [1.82, 2.24) is 4.57 Å². The molecule has 1 aromatic carbocycles. The van der Waals surface area contributed by atoms with Gasteiger partial charge in [-0.15, -0.1) is 0 Å². The number of nitrogens with zero attached hydrogens (tertiary/aromatic N) is 1. The minimum atomic E-state index is 0.522. The summed E-state index contributed by atoms with van der Waals surface area (Å²) in [6.07, 6.45) is 7.65. The summed E-state index contributed by atoms with van der Waals surface area (Å²) in [5.74, 6) is 0. The summed E-state index contributed by atoms with van der Waals surface area (Å²) in [4.78, 5) is 0. The normalized spacial score (nSPS) is 19.7. The van der Waals surface area contributed by atoms with Crippen molar-refractivity contribution < 1.29 is 4.74 Å². The summed E-state index contributed by atoms with van der Waals surface area (Å²) in [7, 11) is 0. The number of aryl methyl sites for hydroxylation is 2. The quantitative estimate of drug-likeness (QED) is 0.794. The maximum Gasteiger partial charge on any atom is 0.0576 e. The summed E-state index contributed by atoms with van der Waals surface area (Å²) in [5, 5.41) is 1.38. The van der Waals surface area contributed by atoms with Crippen molar-refractivity contribution in [3.8, 4) is 0 Å².